The molecule has 0 radical (unpaired) electrons. The lowest BCUT2D eigenvalue weighted by atomic mass is 10.1. The number of amides is 2. The molecule has 0 unspecified atom stereocenters. The standard InChI is InChI=1S/C17H20ClN3O4/c1-17(2,3)25-16(23)20-9-8-19-15(22)13-14(24-10-21-13)11-4-6-12(18)7-5-11/h4-7,10H,8-9H2,1-3H3,(H,19,22)(H,20,23). The monoisotopic (exact) mass is 365 g/mol. The second kappa shape index (κ2) is 8.02. The molecule has 0 fully saturated rings. The van der Waals surface area contributed by atoms with Crippen molar-refractivity contribution < 1.29 is 18.7 Å². The summed E-state index contributed by atoms with van der Waals surface area (Å²) in [5.74, 6) is -0.0426. The molecule has 2 aromatic rings. The van der Waals surface area contributed by atoms with Gasteiger partial charge in [-0.1, -0.05) is 11.6 Å². The van der Waals surface area contributed by atoms with Crippen molar-refractivity contribution in [1.82, 2.24) is 15.6 Å². The molecule has 0 aliphatic rings. The number of aromatic nitrogens is 1. The lowest BCUT2D eigenvalue weighted by molar-refractivity contribution is 0.0526. The van der Waals surface area contributed by atoms with E-state index in [4.69, 9.17) is 20.8 Å². The molecule has 25 heavy (non-hydrogen) atoms. The highest BCUT2D eigenvalue weighted by Crippen LogP contribution is 2.24. The van der Waals surface area contributed by atoms with Crippen LogP contribution in [-0.2, 0) is 4.74 Å². The van der Waals surface area contributed by atoms with Gasteiger partial charge < -0.3 is 19.8 Å². The van der Waals surface area contributed by atoms with E-state index in [9.17, 15) is 9.59 Å². The molecule has 7 nitrogen and oxygen atoms in total. The fourth-order valence-corrected chi connectivity index (χ4v) is 2.08. The highest BCUT2D eigenvalue weighted by Gasteiger charge is 2.18. The topological polar surface area (TPSA) is 93.5 Å². The average molecular weight is 366 g/mol. The summed E-state index contributed by atoms with van der Waals surface area (Å²) in [5, 5.41) is 5.81. The Balaban J connectivity index is 1.87. The van der Waals surface area contributed by atoms with Gasteiger partial charge in [-0.15, -0.1) is 0 Å². The van der Waals surface area contributed by atoms with E-state index in [1.165, 1.54) is 6.39 Å². The molecule has 2 amide bonds. The molecule has 0 aliphatic heterocycles. The molecule has 2 rings (SSSR count). The summed E-state index contributed by atoms with van der Waals surface area (Å²) in [4.78, 5) is 27.7. The van der Waals surface area contributed by atoms with Crippen LogP contribution in [0.1, 0.15) is 31.3 Å². The zero-order chi connectivity index (χ0) is 18.4. The molecule has 1 aromatic carbocycles. The molecule has 0 saturated heterocycles. The summed E-state index contributed by atoms with van der Waals surface area (Å²) < 4.78 is 10.4. The number of halogens is 1. The lowest BCUT2D eigenvalue weighted by Crippen LogP contribution is -2.38. The quantitative estimate of drug-likeness (QED) is 0.793. The third-order valence-corrected chi connectivity index (χ3v) is 3.22. The maximum absolute atomic E-state index is 12.2. The summed E-state index contributed by atoms with van der Waals surface area (Å²) in [6.07, 6.45) is 0.669. The van der Waals surface area contributed by atoms with E-state index < -0.39 is 17.6 Å². The first-order valence-corrected chi connectivity index (χ1v) is 8.08. The number of ether oxygens (including phenoxy) is 1. The molecular weight excluding hydrogens is 346 g/mol. The Morgan fingerprint density at radius 1 is 1.16 bits per heavy atom. The third-order valence-electron chi connectivity index (χ3n) is 2.97. The Bertz CT molecular complexity index is 735. The molecule has 0 saturated carbocycles. The number of benzene rings is 1. The van der Waals surface area contributed by atoms with Crippen molar-refractivity contribution in [2.24, 2.45) is 0 Å². The van der Waals surface area contributed by atoms with E-state index in [-0.39, 0.29) is 18.8 Å². The van der Waals surface area contributed by atoms with Crippen molar-refractivity contribution in [2.45, 2.75) is 26.4 Å². The Kier molecular flexibility index (Phi) is 6.03. The summed E-state index contributed by atoms with van der Waals surface area (Å²) >= 11 is 5.86. The largest absolute Gasteiger partial charge is 0.444 e. The first-order valence-electron chi connectivity index (χ1n) is 7.71. The van der Waals surface area contributed by atoms with Crippen LogP contribution in [0.25, 0.3) is 11.3 Å². The van der Waals surface area contributed by atoms with Crippen molar-refractivity contribution in [3.05, 3.63) is 41.4 Å². The zero-order valence-electron chi connectivity index (χ0n) is 14.3. The number of hydrogen-bond acceptors (Lipinski definition) is 5. The van der Waals surface area contributed by atoms with Gasteiger partial charge in [0.05, 0.1) is 0 Å². The number of oxazole rings is 1. The maximum atomic E-state index is 12.2. The Hall–Kier alpha value is -2.54. The number of nitrogens with zero attached hydrogens (tertiary/aromatic N) is 1. The van der Waals surface area contributed by atoms with E-state index in [0.717, 1.165) is 0 Å². The molecule has 8 heteroatoms. The van der Waals surface area contributed by atoms with Gasteiger partial charge in [-0.3, -0.25) is 4.79 Å². The van der Waals surface area contributed by atoms with Crippen molar-refractivity contribution in [3.8, 4) is 11.3 Å². The minimum atomic E-state index is -0.568. The number of rotatable bonds is 5. The maximum Gasteiger partial charge on any atom is 0.407 e. The number of carbonyl (C=O) groups is 2. The predicted molar refractivity (Wildman–Crippen MR) is 93.5 cm³/mol. The van der Waals surface area contributed by atoms with E-state index in [2.05, 4.69) is 15.6 Å². The minimum absolute atomic E-state index is 0.166. The number of carbonyl (C=O) groups excluding carboxylic acids is 2. The van der Waals surface area contributed by atoms with Crippen LogP contribution < -0.4 is 10.6 Å². The van der Waals surface area contributed by atoms with Crippen LogP contribution in [0.4, 0.5) is 4.79 Å². The zero-order valence-corrected chi connectivity index (χ0v) is 15.0. The van der Waals surface area contributed by atoms with E-state index >= 15 is 0 Å². The van der Waals surface area contributed by atoms with Gasteiger partial charge in [0.15, 0.2) is 17.8 Å². The summed E-state index contributed by atoms with van der Waals surface area (Å²) in [6.45, 7) is 5.78. The first-order chi connectivity index (χ1) is 11.8. The third kappa shape index (κ3) is 5.79. The molecule has 134 valence electrons. The summed E-state index contributed by atoms with van der Waals surface area (Å²) in [7, 11) is 0. The van der Waals surface area contributed by atoms with Crippen LogP contribution in [0.5, 0.6) is 0 Å². The first kappa shape index (κ1) is 18.8. The van der Waals surface area contributed by atoms with Crippen molar-refractivity contribution in [1.29, 1.82) is 0 Å². The summed E-state index contributed by atoms with van der Waals surface area (Å²) in [5.41, 5.74) is 0.292. The predicted octanol–water partition coefficient (Wildman–Crippen LogP) is 3.25. The molecule has 0 aliphatic carbocycles. The van der Waals surface area contributed by atoms with Crippen molar-refractivity contribution in [3.63, 3.8) is 0 Å². The van der Waals surface area contributed by atoms with Crippen molar-refractivity contribution >= 4 is 23.6 Å². The molecule has 0 spiro atoms. The van der Waals surface area contributed by atoms with Crippen LogP contribution >= 0.6 is 11.6 Å². The van der Waals surface area contributed by atoms with Gasteiger partial charge in [-0.2, -0.15) is 0 Å². The fraction of sp³-hybridized carbons (Fsp3) is 0.353. The van der Waals surface area contributed by atoms with Crippen LogP contribution in [0.3, 0.4) is 0 Å². The Morgan fingerprint density at radius 3 is 2.44 bits per heavy atom. The van der Waals surface area contributed by atoms with Crippen LogP contribution in [0, 0.1) is 0 Å². The highest BCUT2D eigenvalue weighted by molar-refractivity contribution is 6.30. The van der Waals surface area contributed by atoms with Gasteiger partial charge in [0.25, 0.3) is 5.91 Å². The fourth-order valence-electron chi connectivity index (χ4n) is 1.95. The second-order valence-corrected chi connectivity index (χ2v) is 6.66. The molecule has 1 aromatic heterocycles. The Morgan fingerprint density at radius 2 is 1.80 bits per heavy atom. The van der Waals surface area contributed by atoms with Gasteiger partial charge in [0.2, 0.25) is 0 Å². The van der Waals surface area contributed by atoms with Crippen LogP contribution in [0.15, 0.2) is 35.1 Å². The molecule has 2 N–H and O–H groups in total. The van der Waals surface area contributed by atoms with E-state index in [0.29, 0.717) is 16.3 Å². The Labute approximate surface area is 150 Å². The molecular formula is C17H20ClN3O4. The lowest BCUT2D eigenvalue weighted by Gasteiger charge is -2.19. The molecule has 0 atom stereocenters. The van der Waals surface area contributed by atoms with Gasteiger partial charge in [0.1, 0.15) is 5.60 Å². The van der Waals surface area contributed by atoms with Crippen molar-refractivity contribution in [2.75, 3.05) is 13.1 Å². The SMILES string of the molecule is CC(C)(C)OC(=O)NCCNC(=O)c1ncoc1-c1ccc(Cl)cc1. The van der Waals surface area contributed by atoms with Gasteiger partial charge in [-0.05, 0) is 45.0 Å². The average Bonchev–Trinajstić information content (AvgIpc) is 3.00. The van der Waals surface area contributed by atoms with Crippen LogP contribution in [-0.4, -0.2) is 35.7 Å². The smallest absolute Gasteiger partial charge is 0.407 e. The molecule has 0 bridgehead atoms. The van der Waals surface area contributed by atoms with Gasteiger partial charge in [-0.25, -0.2) is 9.78 Å². The van der Waals surface area contributed by atoms with Gasteiger partial charge in [0, 0.05) is 23.7 Å². The minimum Gasteiger partial charge on any atom is -0.444 e. The van der Waals surface area contributed by atoms with Crippen LogP contribution in [0.2, 0.25) is 5.02 Å². The number of nitrogens with one attached hydrogen (secondary N) is 2. The normalized spacial score (nSPS) is 11.0. The number of alkyl carbamates (subject to hydrolysis) is 1. The highest BCUT2D eigenvalue weighted by atomic mass is 35.5. The second-order valence-electron chi connectivity index (χ2n) is 6.22. The van der Waals surface area contributed by atoms with E-state index in [1.807, 2.05) is 0 Å². The summed E-state index contributed by atoms with van der Waals surface area (Å²) in [6, 6.07) is 6.88. The van der Waals surface area contributed by atoms with E-state index in [1.54, 1.807) is 45.0 Å². The molecule has 1 heterocycles. The number of hydrogen-bond donors (Lipinski definition) is 2. The van der Waals surface area contributed by atoms with Gasteiger partial charge >= 0.3 is 6.09 Å².